The van der Waals surface area contributed by atoms with Crippen LogP contribution in [0.3, 0.4) is 0 Å². The van der Waals surface area contributed by atoms with Gasteiger partial charge >= 0.3 is 0 Å². The van der Waals surface area contributed by atoms with E-state index in [0.717, 1.165) is 37.9 Å². The number of carbonyl (C=O) groups is 1. The number of non-ortho nitro benzene ring substituents is 1. The van der Waals surface area contributed by atoms with E-state index in [-0.39, 0.29) is 18.1 Å². The maximum Gasteiger partial charge on any atom is 0.269 e. The number of likely N-dealkylation sites (tertiary alicyclic amines) is 1. The van der Waals surface area contributed by atoms with Crippen molar-refractivity contribution in [2.24, 2.45) is 0 Å². The Kier molecular flexibility index (Phi) is 5.33. The maximum atomic E-state index is 12.8. The first-order valence-corrected chi connectivity index (χ1v) is 9.65. The van der Waals surface area contributed by atoms with Gasteiger partial charge in [0.25, 0.3) is 5.69 Å². The lowest BCUT2D eigenvalue weighted by Gasteiger charge is -2.26. The third-order valence-corrected chi connectivity index (χ3v) is 5.03. The van der Waals surface area contributed by atoms with Gasteiger partial charge in [-0.3, -0.25) is 14.9 Å². The summed E-state index contributed by atoms with van der Waals surface area (Å²) in [4.78, 5) is 29.7. The number of benzene rings is 2. The van der Waals surface area contributed by atoms with Crippen LogP contribution in [0.2, 0.25) is 0 Å². The molecule has 0 spiro atoms. The van der Waals surface area contributed by atoms with Gasteiger partial charge in [0.05, 0.1) is 4.92 Å². The molecule has 4 rings (SSSR count). The zero-order chi connectivity index (χ0) is 20.2. The summed E-state index contributed by atoms with van der Waals surface area (Å²) in [6.45, 7) is 1.68. The van der Waals surface area contributed by atoms with E-state index in [9.17, 15) is 14.9 Å². The Balaban J connectivity index is 1.67. The highest BCUT2D eigenvalue weighted by molar-refractivity contribution is 5.77. The Bertz CT molecular complexity index is 1010. The topological polar surface area (TPSA) is 94.2 Å². The van der Waals surface area contributed by atoms with E-state index in [0.29, 0.717) is 17.2 Å². The lowest BCUT2D eigenvalue weighted by atomic mass is 10.1. The molecule has 1 aliphatic rings. The number of carbonyl (C=O) groups excluding carboxylic acids is 1. The van der Waals surface area contributed by atoms with Gasteiger partial charge < -0.3 is 4.90 Å². The number of nitro groups is 1. The molecule has 0 saturated carbocycles. The number of rotatable bonds is 5. The molecule has 8 heteroatoms. The van der Waals surface area contributed by atoms with Crippen LogP contribution in [-0.2, 0) is 11.3 Å². The van der Waals surface area contributed by atoms with Crippen molar-refractivity contribution in [1.29, 1.82) is 0 Å². The molecule has 3 aromatic rings. The molecule has 1 amide bonds. The van der Waals surface area contributed by atoms with Crippen molar-refractivity contribution < 1.29 is 9.72 Å². The number of amides is 1. The largest absolute Gasteiger partial charge is 0.341 e. The number of aromatic nitrogens is 3. The predicted molar refractivity (Wildman–Crippen MR) is 108 cm³/mol. The number of hydrogen-bond donors (Lipinski definition) is 0. The van der Waals surface area contributed by atoms with E-state index in [1.807, 2.05) is 35.2 Å². The normalized spacial score (nSPS) is 14.0. The van der Waals surface area contributed by atoms with Gasteiger partial charge in [-0.05, 0) is 31.4 Å². The van der Waals surface area contributed by atoms with Crippen molar-refractivity contribution in [1.82, 2.24) is 19.7 Å². The number of hydrogen-bond acceptors (Lipinski definition) is 5. The van der Waals surface area contributed by atoms with Crippen LogP contribution in [0.15, 0.2) is 54.6 Å². The number of nitro benzene ring substituents is 1. The number of nitrogens with zero attached hydrogens (tertiary/aromatic N) is 5. The zero-order valence-corrected chi connectivity index (χ0v) is 15.9. The Hall–Kier alpha value is -3.55. The van der Waals surface area contributed by atoms with Crippen LogP contribution in [0.25, 0.3) is 22.8 Å². The molecule has 0 aliphatic carbocycles. The molecule has 1 fully saturated rings. The van der Waals surface area contributed by atoms with Gasteiger partial charge in [-0.2, -0.15) is 0 Å². The Morgan fingerprint density at radius 1 is 0.966 bits per heavy atom. The SMILES string of the molecule is O=C(Cn1nc(-c2ccc([N+](=O)[O-])cc2)nc1-c1ccccc1)N1CCCCC1. The maximum absolute atomic E-state index is 12.8. The van der Waals surface area contributed by atoms with E-state index >= 15 is 0 Å². The molecule has 0 atom stereocenters. The summed E-state index contributed by atoms with van der Waals surface area (Å²) in [5.41, 5.74) is 1.54. The van der Waals surface area contributed by atoms with Gasteiger partial charge in [0.15, 0.2) is 11.6 Å². The molecule has 1 aliphatic heterocycles. The van der Waals surface area contributed by atoms with Gasteiger partial charge in [0.2, 0.25) is 5.91 Å². The average Bonchev–Trinajstić information content (AvgIpc) is 3.19. The van der Waals surface area contributed by atoms with Gasteiger partial charge in [0.1, 0.15) is 6.54 Å². The molecule has 0 unspecified atom stereocenters. The number of piperidine rings is 1. The minimum Gasteiger partial charge on any atom is -0.341 e. The third-order valence-electron chi connectivity index (χ3n) is 5.03. The fourth-order valence-corrected chi connectivity index (χ4v) is 3.48. The third kappa shape index (κ3) is 4.16. The summed E-state index contributed by atoms with van der Waals surface area (Å²) >= 11 is 0. The molecular formula is C21H21N5O3. The molecule has 29 heavy (non-hydrogen) atoms. The molecular weight excluding hydrogens is 370 g/mol. The second-order valence-electron chi connectivity index (χ2n) is 7.03. The summed E-state index contributed by atoms with van der Waals surface area (Å²) in [7, 11) is 0. The van der Waals surface area contributed by atoms with Crippen LogP contribution in [0.1, 0.15) is 19.3 Å². The predicted octanol–water partition coefficient (Wildman–Crippen LogP) is 3.53. The van der Waals surface area contributed by atoms with E-state index in [2.05, 4.69) is 10.1 Å². The first-order chi connectivity index (χ1) is 14.1. The van der Waals surface area contributed by atoms with E-state index in [1.165, 1.54) is 12.1 Å². The molecule has 0 bridgehead atoms. The summed E-state index contributed by atoms with van der Waals surface area (Å²) in [5.74, 6) is 1.07. The highest BCUT2D eigenvalue weighted by Crippen LogP contribution is 2.24. The first-order valence-electron chi connectivity index (χ1n) is 9.65. The van der Waals surface area contributed by atoms with E-state index in [4.69, 9.17) is 0 Å². The highest BCUT2D eigenvalue weighted by atomic mass is 16.6. The lowest BCUT2D eigenvalue weighted by Crippen LogP contribution is -2.38. The van der Waals surface area contributed by atoms with Crippen LogP contribution in [0.4, 0.5) is 5.69 Å². The van der Waals surface area contributed by atoms with Crippen LogP contribution in [0, 0.1) is 10.1 Å². The van der Waals surface area contributed by atoms with Crippen molar-refractivity contribution in [2.45, 2.75) is 25.8 Å². The lowest BCUT2D eigenvalue weighted by molar-refractivity contribution is -0.384. The molecule has 0 radical (unpaired) electrons. The Labute approximate surface area is 167 Å². The van der Waals surface area contributed by atoms with Gasteiger partial charge in [0, 0.05) is 36.3 Å². The van der Waals surface area contributed by atoms with Crippen molar-refractivity contribution in [3.8, 4) is 22.8 Å². The highest BCUT2D eigenvalue weighted by Gasteiger charge is 2.21. The van der Waals surface area contributed by atoms with Crippen molar-refractivity contribution >= 4 is 11.6 Å². The Morgan fingerprint density at radius 3 is 2.31 bits per heavy atom. The standard InChI is InChI=1S/C21H21N5O3/c27-19(24-13-5-2-6-14-24)15-25-21(17-7-3-1-4-8-17)22-20(23-25)16-9-11-18(12-10-16)26(28)29/h1,3-4,7-12H,2,5-6,13-15H2. The van der Waals surface area contributed by atoms with Gasteiger partial charge in [-0.15, -0.1) is 5.10 Å². The summed E-state index contributed by atoms with van der Waals surface area (Å²) in [6, 6.07) is 15.7. The first kappa shape index (κ1) is 18.8. The second-order valence-corrected chi connectivity index (χ2v) is 7.03. The minimum atomic E-state index is -0.442. The summed E-state index contributed by atoms with van der Waals surface area (Å²) < 4.78 is 1.63. The molecule has 148 valence electrons. The molecule has 8 nitrogen and oxygen atoms in total. The molecule has 1 saturated heterocycles. The quantitative estimate of drug-likeness (QED) is 0.490. The average molecular weight is 391 g/mol. The molecule has 0 N–H and O–H groups in total. The smallest absolute Gasteiger partial charge is 0.269 e. The van der Waals surface area contributed by atoms with Crippen LogP contribution >= 0.6 is 0 Å². The van der Waals surface area contributed by atoms with E-state index < -0.39 is 4.92 Å². The van der Waals surface area contributed by atoms with Crippen molar-refractivity contribution in [2.75, 3.05) is 13.1 Å². The van der Waals surface area contributed by atoms with Crippen molar-refractivity contribution in [3.05, 3.63) is 64.7 Å². The van der Waals surface area contributed by atoms with Gasteiger partial charge in [-0.1, -0.05) is 30.3 Å². The van der Waals surface area contributed by atoms with Crippen LogP contribution < -0.4 is 0 Å². The summed E-state index contributed by atoms with van der Waals surface area (Å²) in [5, 5.41) is 15.4. The molecule has 2 heterocycles. The summed E-state index contributed by atoms with van der Waals surface area (Å²) in [6.07, 6.45) is 3.22. The monoisotopic (exact) mass is 391 g/mol. The van der Waals surface area contributed by atoms with Crippen LogP contribution in [-0.4, -0.2) is 43.6 Å². The van der Waals surface area contributed by atoms with E-state index in [1.54, 1.807) is 16.8 Å². The fourth-order valence-electron chi connectivity index (χ4n) is 3.48. The minimum absolute atomic E-state index is 0.0109. The van der Waals surface area contributed by atoms with Gasteiger partial charge in [-0.25, -0.2) is 9.67 Å². The van der Waals surface area contributed by atoms with Crippen LogP contribution in [0.5, 0.6) is 0 Å². The Morgan fingerprint density at radius 2 is 1.66 bits per heavy atom. The zero-order valence-electron chi connectivity index (χ0n) is 15.9. The second kappa shape index (κ2) is 8.22. The molecule has 1 aromatic heterocycles. The fraction of sp³-hybridized carbons (Fsp3) is 0.286. The van der Waals surface area contributed by atoms with Crippen molar-refractivity contribution in [3.63, 3.8) is 0 Å². The molecule has 2 aromatic carbocycles.